The number of aromatic amines is 1. The summed E-state index contributed by atoms with van der Waals surface area (Å²) in [4.78, 5) is 0. The van der Waals surface area contributed by atoms with Gasteiger partial charge in [-0.3, -0.25) is 5.10 Å². The zero-order valence-corrected chi connectivity index (χ0v) is 12.5. The van der Waals surface area contributed by atoms with Gasteiger partial charge in [0.05, 0.1) is 0 Å². The first-order valence-corrected chi connectivity index (χ1v) is 8.06. The SMILES string of the molecule is Cc1[nH]nc(S(=O)(=O)N2CCC(C)C(C)C2)c1CN. The fourth-order valence-electron chi connectivity index (χ4n) is 2.45. The molecule has 0 saturated carbocycles. The molecule has 1 saturated heterocycles. The Kier molecular flexibility index (Phi) is 3.98. The molecule has 0 aliphatic carbocycles. The fraction of sp³-hybridized carbons (Fsp3) is 0.750. The molecule has 1 fully saturated rings. The number of nitrogens with zero attached hydrogens (tertiary/aromatic N) is 2. The Bertz CT molecular complexity index is 552. The third-order valence-electron chi connectivity index (χ3n) is 4.12. The highest BCUT2D eigenvalue weighted by Crippen LogP contribution is 2.28. The van der Waals surface area contributed by atoms with E-state index in [1.54, 1.807) is 6.92 Å². The van der Waals surface area contributed by atoms with E-state index in [1.807, 2.05) is 0 Å². The van der Waals surface area contributed by atoms with E-state index in [0.29, 0.717) is 30.5 Å². The number of piperidine rings is 1. The van der Waals surface area contributed by atoms with Crippen LogP contribution >= 0.6 is 0 Å². The highest BCUT2D eigenvalue weighted by atomic mass is 32.2. The summed E-state index contributed by atoms with van der Waals surface area (Å²) in [5.41, 5.74) is 6.94. The standard InChI is InChI=1S/C12H22N4O2S/c1-8-4-5-16(7-9(8)2)19(17,18)12-11(6-13)10(3)14-15-12/h8-9H,4-7,13H2,1-3H3,(H,14,15). The average molecular weight is 286 g/mol. The molecule has 108 valence electrons. The van der Waals surface area contributed by atoms with Crippen molar-refractivity contribution in [1.29, 1.82) is 0 Å². The van der Waals surface area contributed by atoms with Gasteiger partial charge in [-0.1, -0.05) is 13.8 Å². The van der Waals surface area contributed by atoms with E-state index in [0.717, 1.165) is 12.1 Å². The molecule has 0 aromatic carbocycles. The summed E-state index contributed by atoms with van der Waals surface area (Å²) in [6.45, 7) is 7.33. The molecule has 0 spiro atoms. The lowest BCUT2D eigenvalue weighted by atomic mass is 9.90. The molecule has 3 N–H and O–H groups in total. The van der Waals surface area contributed by atoms with Crippen molar-refractivity contribution in [3.8, 4) is 0 Å². The summed E-state index contributed by atoms with van der Waals surface area (Å²) < 4.78 is 26.8. The van der Waals surface area contributed by atoms with Crippen molar-refractivity contribution in [2.24, 2.45) is 17.6 Å². The van der Waals surface area contributed by atoms with Gasteiger partial charge in [-0.05, 0) is 25.2 Å². The minimum Gasteiger partial charge on any atom is -0.326 e. The van der Waals surface area contributed by atoms with E-state index in [2.05, 4.69) is 24.0 Å². The molecule has 6 nitrogen and oxygen atoms in total. The molecule has 2 atom stereocenters. The van der Waals surface area contributed by atoms with Crippen LogP contribution in [0.4, 0.5) is 0 Å². The van der Waals surface area contributed by atoms with E-state index in [9.17, 15) is 8.42 Å². The topological polar surface area (TPSA) is 92.1 Å². The van der Waals surface area contributed by atoms with Crippen LogP contribution < -0.4 is 5.73 Å². The summed E-state index contributed by atoms with van der Waals surface area (Å²) in [6.07, 6.45) is 0.891. The number of nitrogens with one attached hydrogen (secondary N) is 1. The summed E-state index contributed by atoms with van der Waals surface area (Å²) in [5, 5.41) is 6.75. The Hall–Kier alpha value is -0.920. The van der Waals surface area contributed by atoms with Crippen molar-refractivity contribution in [3.63, 3.8) is 0 Å². The van der Waals surface area contributed by atoms with Gasteiger partial charge in [-0.2, -0.15) is 9.40 Å². The second kappa shape index (κ2) is 5.22. The van der Waals surface area contributed by atoms with Crippen molar-refractivity contribution in [2.75, 3.05) is 13.1 Å². The van der Waals surface area contributed by atoms with Crippen LogP contribution in [0.2, 0.25) is 0 Å². The molecule has 0 radical (unpaired) electrons. The van der Waals surface area contributed by atoms with Gasteiger partial charge in [-0.15, -0.1) is 0 Å². The van der Waals surface area contributed by atoms with Crippen LogP contribution in [0, 0.1) is 18.8 Å². The smallest absolute Gasteiger partial charge is 0.262 e. The molecule has 2 rings (SSSR count). The number of aromatic nitrogens is 2. The summed E-state index contributed by atoms with van der Waals surface area (Å²) >= 11 is 0. The molecular formula is C12H22N4O2S. The predicted octanol–water partition coefficient (Wildman–Crippen LogP) is 0.843. The van der Waals surface area contributed by atoms with Crippen molar-refractivity contribution in [2.45, 2.75) is 38.8 Å². The van der Waals surface area contributed by atoms with Gasteiger partial charge in [0.25, 0.3) is 10.0 Å². The Labute approximate surface area is 114 Å². The number of nitrogens with two attached hydrogens (primary N) is 1. The lowest BCUT2D eigenvalue weighted by Crippen LogP contribution is -2.42. The first kappa shape index (κ1) is 14.5. The highest BCUT2D eigenvalue weighted by Gasteiger charge is 2.34. The van der Waals surface area contributed by atoms with E-state index in [4.69, 9.17) is 5.73 Å². The van der Waals surface area contributed by atoms with Crippen LogP contribution in [0.3, 0.4) is 0 Å². The summed E-state index contributed by atoms with van der Waals surface area (Å²) in [7, 11) is -3.53. The number of hydrogen-bond acceptors (Lipinski definition) is 4. The average Bonchev–Trinajstić information content (AvgIpc) is 2.74. The molecule has 0 bridgehead atoms. The Morgan fingerprint density at radius 2 is 2.11 bits per heavy atom. The van der Waals surface area contributed by atoms with Gasteiger partial charge in [0.1, 0.15) is 0 Å². The number of sulfonamides is 1. The first-order chi connectivity index (χ1) is 8.87. The van der Waals surface area contributed by atoms with Gasteiger partial charge in [0.15, 0.2) is 5.03 Å². The van der Waals surface area contributed by atoms with Crippen LogP contribution in [0.25, 0.3) is 0 Å². The maximum Gasteiger partial charge on any atom is 0.262 e. The van der Waals surface area contributed by atoms with Crippen LogP contribution in [0.5, 0.6) is 0 Å². The Balaban J connectivity index is 2.32. The lowest BCUT2D eigenvalue weighted by Gasteiger charge is -2.34. The number of H-pyrrole nitrogens is 1. The van der Waals surface area contributed by atoms with Crippen LogP contribution in [-0.4, -0.2) is 36.0 Å². The molecule has 7 heteroatoms. The zero-order valence-electron chi connectivity index (χ0n) is 11.7. The largest absolute Gasteiger partial charge is 0.326 e. The van der Waals surface area contributed by atoms with Gasteiger partial charge < -0.3 is 5.73 Å². The van der Waals surface area contributed by atoms with Crippen LogP contribution in [0.15, 0.2) is 5.03 Å². The third kappa shape index (κ3) is 2.54. The van der Waals surface area contributed by atoms with E-state index in [-0.39, 0.29) is 11.6 Å². The Morgan fingerprint density at radius 3 is 2.68 bits per heavy atom. The molecule has 1 aliphatic rings. The number of hydrogen-bond donors (Lipinski definition) is 2. The predicted molar refractivity (Wildman–Crippen MR) is 72.9 cm³/mol. The van der Waals surface area contributed by atoms with E-state index < -0.39 is 10.0 Å². The maximum atomic E-state index is 12.6. The minimum absolute atomic E-state index is 0.0919. The normalized spacial score (nSPS) is 25.7. The summed E-state index contributed by atoms with van der Waals surface area (Å²) in [5.74, 6) is 0.922. The second-order valence-corrected chi connectivity index (χ2v) is 7.30. The second-order valence-electron chi connectivity index (χ2n) is 5.44. The quantitative estimate of drug-likeness (QED) is 0.861. The van der Waals surface area contributed by atoms with Crippen molar-refractivity contribution >= 4 is 10.0 Å². The van der Waals surface area contributed by atoms with Gasteiger partial charge in [0.2, 0.25) is 0 Å². The van der Waals surface area contributed by atoms with Gasteiger partial charge in [-0.25, -0.2) is 8.42 Å². The molecule has 1 aliphatic heterocycles. The van der Waals surface area contributed by atoms with Gasteiger partial charge in [0, 0.05) is 30.9 Å². The van der Waals surface area contributed by atoms with Crippen LogP contribution in [-0.2, 0) is 16.6 Å². The maximum absolute atomic E-state index is 12.6. The Morgan fingerprint density at radius 1 is 1.42 bits per heavy atom. The molecule has 1 aromatic heterocycles. The number of aryl methyl sites for hydroxylation is 1. The van der Waals surface area contributed by atoms with E-state index in [1.165, 1.54) is 4.31 Å². The third-order valence-corrected chi connectivity index (χ3v) is 5.96. The highest BCUT2D eigenvalue weighted by molar-refractivity contribution is 7.89. The number of rotatable bonds is 3. The fourth-order valence-corrected chi connectivity index (χ4v) is 4.18. The molecule has 19 heavy (non-hydrogen) atoms. The summed E-state index contributed by atoms with van der Waals surface area (Å²) in [6, 6.07) is 0. The van der Waals surface area contributed by atoms with Crippen molar-refractivity contribution < 1.29 is 8.42 Å². The molecule has 2 heterocycles. The minimum atomic E-state index is -3.53. The van der Waals surface area contributed by atoms with Crippen LogP contribution in [0.1, 0.15) is 31.5 Å². The monoisotopic (exact) mass is 286 g/mol. The zero-order chi connectivity index (χ0) is 14.2. The van der Waals surface area contributed by atoms with Crippen molar-refractivity contribution in [1.82, 2.24) is 14.5 Å². The van der Waals surface area contributed by atoms with Crippen molar-refractivity contribution in [3.05, 3.63) is 11.3 Å². The van der Waals surface area contributed by atoms with E-state index >= 15 is 0 Å². The van der Waals surface area contributed by atoms with Gasteiger partial charge >= 0.3 is 0 Å². The molecule has 1 aromatic rings. The lowest BCUT2D eigenvalue weighted by molar-refractivity contribution is 0.212. The molecule has 0 amide bonds. The first-order valence-electron chi connectivity index (χ1n) is 6.62. The molecular weight excluding hydrogens is 264 g/mol. The molecule has 2 unspecified atom stereocenters.